The van der Waals surface area contributed by atoms with Crippen molar-refractivity contribution in [1.82, 2.24) is 14.8 Å². The summed E-state index contributed by atoms with van der Waals surface area (Å²) in [5.41, 5.74) is 3.74. The third kappa shape index (κ3) is 3.96. The molecule has 2 aromatic carbocycles. The van der Waals surface area contributed by atoms with Gasteiger partial charge in [-0.2, -0.15) is 0 Å². The summed E-state index contributed by atoms with van der Waals surface area (Å²) >= 11 is 0. The molecule has 0 atom stereocenters. The number of aromatic amines is 1. The molecule has 1 fully saturated rings. The summed E-state index contributed by atoms with van der Waals surface area (Å²) in [5, 5.41) is 11.6. The molecular formula is C24H28N4O2. The molecule has 0 bridgehead atoms. The van der Waals surface area contributed by atoms with E-state index in [-0.39, 0.29) is 17.8 Å². The van der Waals surface area contributed by atoms with Gasteiger partial charge in [-0.15, -0.1) is 0 Å². The molecule has 30 heavy (non-hydrogen) atoms. The minimum absolute atomic E-state index is 0.0722. The Kier molecular flexibility index (Phi) is 5.59. The molecule has 6 heteroatoms. The standard InChI is InChI=1S/C24H28N4O2/c1-27(2)24(30)17-9-10-20-19(15-17)21(23(29)26-20)22(16-7-5-4-6-8-16)25-18-11-13-28(3)14-12-18/h4-10,15,18,26,29H,11-14H2,1-3H3. The Morgan fingerprint density at radius 3 is 2.47 bits per heavy atom. The van der Waals surface area contributed by atoms with Crippen LogP contribution >= 0.6 is 0 Å². The fraction of sp³-hybridized carbons (Fsp3) is 0.333. The van der Waals surface area contributed by atoms with E-state index >= 15 is 0 Å². The van der Waals surface area contributed by atoms with E-state index in [1.54, 1.807) is 25.1 Å². The van der Waals surface area contributed by atoms with Gasteiger partial charge in [-0.1, -0.05) is 30.3 Å². The Labute approximate surface area is 176 Å². The lowest BCUT2D eigenvalue weighted by molar-refractivity contribution is 0.0828. The maximum absolute atomic E-state index is 12.5. The molecule has 0 saturated carbocycles. The largest absolute Gasteiger partial charge is 0.494 e. The highest BCUT2D eigenvalue weighted by Gasteiger charge is 2.23. The van der Waals surface area contributed by atoms with Gasteiger partial charge in [0.15, 0.2) is 5.88 Å². The van der Waals surface area contributed by atoms with E-state index in [9.17, 15) is 9.90 Å². The predicted molar refractivity (Wildman–Crippen MR) is 121 cm³/mol. The summed E-state index contributed by atoms with van der Waals surface area (Å²) in [7, 11) is 5.60. The van der Waals surface area contributed by atoms with Crippen LogP contribution in [0.5, 0.6) is 5.88 Å². The van der Waals surface area contributed by atoms with E-state index in [0.717, 1.165) is 48.1 Å². The molecule has 0 aliphatic carbocycles. The van der Waals surface area contributed by atoms with E-state index in [0.29, 0.717) is 11.1 Å². The molecule has 0 spiro atoms. The van der Waals surface area contributed by atoms with Crippen LogP contribution in [0.1, 0.15) is 34.3 Å². The van der Waals surface area contributed by atoms with Gasteiger partial charge in [0, 0.05) is 36.1 Å². The molecule has 6 nitrogen and oxygen atoms in total. The van der Waals surface area contributed by atoms with Gasteiger partial charge in [0.1, 0.15) is 0 Å². The number of carbonyl (C=O) groups excluding carboxylic acids is 1. The van der Waals surface area contributed by atoms with Gasteiger partial charge in [0.05, 0.1) is 17.3 Å². The number of nitrogens with zero attached hydrogens (tertiary/aromatic N) is 3. The summed E-state index contributed by atoms with van der Waals surface area (Å²) in [4.78, 5) is 24.6. The van der Waals surface area contributed by atoms with Crippen LogP contribution in [0, 0.1) is 0 Å². The first-order valence-electron chi connectivity index (χ1n) is 10.3. The van der Waals surface area contributed by atoms with Gasteiger partial charge in [-0.3, -0.25) is 9.79 Å². The zero-order valence-corrected chi connectivity index (χ0v) is 17.7. The minimum atomic E-state index is -0.0722. The normalized spacial score (nSPS) is 16.2. The molecule has 156 valence electrons. The number of hydrogen-bond donors (Lipinski definition) is 2. The van der Waals surface area contributed by atoms with Crippen LogP contribution in [0.15, 0.2) is 53.5 Å². The van der Waals surface area contributed by atoms with E-state index in [1.165, 1.54) is 0 Å². The summed E-state index contributed by atoms with van der Waals surface area (Å²) in [5.74, 6) is 0.00652. The van der Waals surface area contributed by atoms with Crippen LogP contribution in [-0.2, 0) is 0 Å². The van der Waals surface area contributed by atoms with Crippen LogP contribution < -0.4 is 0 Å². The number of fused-ring (bicyclic) bond motifs is 1. The highest BCUT2D eigenvalue weighted by atomic mass is 16.3. The van der Waals surface area contributed by atoms with Crippen LogP contribution in [0.4, 0.5) is 0 Å². The first kappa shape index (κ1) is 20.2. The second kappa shape index (κ2) is 8.32. The second-order valence-corrected chi connectivity index (χ2v) is 8.19. The lowest BCUT2D eigenvalue weighted by atomic mass is 9.98. The smallest absolute Gasteiger partial charge is 0.253 e. The Bertz CT molecular complexity index is 1080. The maximum Gasteiger partial charge on any atom is 0.253 e. The molecule has 0 radical (unpaired) electrons. The second-order valence-electron chi connectivity index (χ2n) is 8.19. The van der Waals surface area contributed by atoms with Crippen molar-refractivity contribution in [3.63, 3.8) is 0 Å². The molecule has 1 amide bonds. The van der Waals surface area contributed by atoms with Crippen LogP contribution in [0.25, 0.3) is 10.9 Å². The predicted octanol–water partition coefficient (Wildman–Crippen LogP) is 3.51. The summed E-state index contributed by atoms with van der Waals surface area (Å²) < 4.78 is 0. The zero-order valence-electron chi connectivity index (χ0n) is 17.7. The number of hydrogen-bond acceptors (Lipinski definition) is 4. The summed E-state index contributed by atoms with van der Waals surface area (Å²) in [6.45, 7) is 2.02. The van der Waals surface area contributed by atoms with Crippen LogP contribution in [0.3, 0.4) is 0 Å². The number of rotatable bonds is 4. The number of likely N-dealkylation sites (tertiary alicyclic amines) is 1. The quantitative estimate of drug-likeness (QED) is 0.654. The number of H-pyrrole nitrogens is 1. The molecule has 0 unspecified atom stereocenters. The number of carbonyl (C=O) groups is 1. The van der Waals surface area contributed by atoms with Gasteiger partial charge in [0.2, 0.25) is 0 Å². The first-order chi connectivity index (χ1) is 14.4. The fourth-order valence-electron chi connectivity index (χ4n) is 3.99. The monoisotopic (exact) mass is 404 g/mol. The summed E-state index contributed by atoms with van der Waals surface area (Å²) in [6.07, 6.45) is 1.97. The molecule has 1 saturated heterocycles. The number of nitrogens with one attached hydrogen (secondary N) is 1. The van der Waals surface area contributed by atoms with Crippen molar-refractivity contribution in [3.8, 4) is 5.88 Å². The minimum Gasteiger partial charge on any atom is -0.494 e. The Hall–Kier alpha value is -3.12. The van der Waals surface area contributed by atoms with E-state index in [4.69, 9.17) is 4.99 Å². The Morgan fingerprint density at radius 1 is 1.10 bits per heavy atom. The van der Waals surface area contributed by atoms with Crippen molar-refractivity contribution < 1.29 is 9.90 Å². The number of aliphatic imine (C=N–C) groups is 1. The number of aromatic hydroxyl groups is 1. The highest BCUT2D eigenvalue weighted by molar-refractivity contribution is 6.21. The molecule has 1 aliphatic rings. The van der Waals surface area contributed by atoms with Crippen molar-refractivity contribution in [3.05, 3.63) is 65.2 Å². The molecule has 2 N–H and O–H groups in total. The van der Waals surface area contributed by atoms with Gasteiger partial charge in [0.25, 0.3) is 5.91 Å². The SMILES string of the molecule is CN1CCC(N=C(c2ccccc2)c2c(O)[nH]c3ccc(C(=O)N(C)C)cc23)CC1. The lowest BCUT2D eigenvalue weighted by Crippen LogP contribution is -2.32. The maximum atomic E-state index is 12.5. The van der Waals surface area contributed by atoms with E-state index < -0.39 is 0 Å². The van der Waals surface area contributed by atoms with E-state index in [1.807, 2.05) is 42.5 Å². The van der Waals surface area contributed by atoms with Crippen molar-refractivity contribution >= 4 is 22.5 Å². The number of amides is 1. The van der Waals surface area contributed by atoms with Gasteiger partial charge >= 0.3 is 0 Å². The average molecular weight is 405 g/mol. The van der Waals surface area contributed by atoms with Crippen molar-refractivity contribution in [2.75, 3.05) is 34.2 Å². The summed E-state index contributed by atoms with van der Waals surface area (Å²) in [6, 6.07) is 15.6. The van der Waals surface area contributed by atoms with Crippen molar-refractivity contribution in [1.29, 1.82) is 0 Å². The highest BCUT2D eigenvalue weighted by Crippen LogP contribution is 2.32. The number of benzene rings is 2. The molecule has 3 aromatic rings. The van der Waals surface area contributed by atoms with Crippen molar-refractivity contribution in [2.45, 2.75) is 18.9 Å². The van der Waals surface area contributed by atoms with E-state index in [2.05, 4.69) is 16.9 Å². The van der Waals surface area contributed by atoms with Gasteiger partial charge in [-0.25, -0.2) is 0 Å². The molecular weight excluding hydrogens is 376 g/mol. The first-order valence-corrected chi connectivity index (χ1v) is 10.3. The topological polar surface area (TPSA) is 71.9 Å². The molecule has 4 rings (SSSR count). The van der Waals surface area contributed by atoms with Crippen LogP contribution in [0.2, 0.25) is 0 Å². The van der Waals surface area contributed by atoms with Crippen molar-refractivity contribution in [2.24, 2.45) is 4.99 Å². The molecule has 1 aliphatic heterocycles. The lowest BCUT2D eigenvalue weighted by Gasteiger charge is -2.27. The Balaban J connectivity index is 1.87. The average Bonchev–Trinajstić information content (AvgIpc) is 3.08. The Morgan fingerprint density at radius 2 is 1.80 bits per heavy atom. The molecule has 1 aromatic heterocycles. The number of aromatic nitrogens is 1. The third-order valence-electron chi connectivity index (χ3n) is 5.72. The fourth-order valence-corrected chi connectivity index (χ4v) is 3.99. The third-order valence-corrected chi connectivity index (χ3v) is 5.72. The van der Waals surface area contributed by atoms with Gasteiger partial charge in [-0.05, 0) is 51.2 Å². The molecule has 2 heterocycles. The number of piperidine rings is 1. The zero-order chi connectivity index (χ0) is 21.3. The van der Waals surface area contributed by atoms with Gasteiger partial charge < -0.3 is 19.9 Å². The van der Waals surface area contributed by atoms with Crippen LogP contribution in [-0.4, -0.2) is 71.8 Å².